The Labute approximate surface area is 122 Å². The first-order valence-electron chi connectivity index (χ1n) is 6.86. The van der Waals surface area contributed by atoms with Crippen molar-refractivity contribution in [3.63, 3.8) is 0 Å². The zero-order valence-electron chi connectivity index (χ0n) is 12.8. The molecular formula is C13H23F3N2O3. The first-order valence-corrected chi connectivity index (χ1v) is 6.86. The van der Waals surface area contributed by atoms with Gasteiger partial charge in [0.15, 0.2) is 0 Å². The molecule has 1 heterocycles. The van der Waals surface area contributed by atoms with E-state index in [1.54, 1.807) is 27.7 Å². The molecule has 1 saturated heterocycles. The van der Waals surface area contributed by atoms with Crippen molar-refractivity contribution in [1.82, 2.24) is 10.2 Å². The first-order chi connectivity index (χ1) is 9.46. The molecule has 124 valence electrons. The summed E-state index contributed by atoms with van der Waals surface area (Å²) < 4.78 is 47.7. The summed E-state index contributed by atoms with van der Waals surface area (Å²) in [4.78, 5) is 12.9. The number of hydrogen-bond acceptors (Lipinski definition) is 4. The van der Waals surface area contributed by atoms with Crippen molar-refractivity contribution in [3.8, 4) is 0 Å². The maximum absolute atomic E-state index is 12.4. The number of nitrogens with one attached hydrogen (secondary N) is 1. The standard InChI is InChI=1S/C13H23F3N2O3/c1-9(17-11(19)21-12(2,3)4)10-7-18(5-6-20-10)8-13(14,15)16/h9-10H,5-8H2,1-4H3,(H,17,19)/t9-,10+/m1/s1. The second-order valence-electron chi connectivity index (χ2n) is 6.19. The molecule has 0 aromatic carbocycles. The summed E-state index contributed by atoms with van der Waals surface area (Å²) in [6.07, 6.45) is -5.33. The minimum Gasteiger partial charge on any atom is -0.444 e. The Kier molecular flexibility index (Phi) is 5.86. The molecule has 21 heavy (non-hydrogen) atoms. The number of alkyl halides is 3. The molecule has 0 saturated carbocycles. The van der Waals surface area contributed by atoms with Crippen molar-refractivity contribution in [2.24, 2.45) is 0 Å². The Bertz CT molecular complexity index is 356. The van der Waals surface area contributed by atoms with Crippen LogP contribution < -0.4 is 5.32 Å². The van der Waals surface area contributed by atoms with E-state index in [0.29, 0.717) is 0 Å². The highest BCUT2D eigenvalue weighted by Gasteiger charge is 2.35. The zero-order valence-corrected chi connectivity index (χ0v) is 12.8. The van der Waals surface area contributed by atoms with Gasteiger partial charge >= 0.3 is 12.3 Å². The maximum atomic E-state index is 12.4. The van der Waals surface area contributed by atoms with Crippen LogP contribution in [-0.2, 0) is 9.47 Å². The Morgan fingerprint density at radius 3 is 2.57 bits per heavy atom. The first kappa shape index (κ1) is 18.0. The predicted octanol–water partition coefficient (Wildman–Crippen LogP) is 2.16. The lowest BCUT2D eigenvalue weighted by molar-refractivity contribution is -0.160. The zero-order chi connectivity index (χ0) is 16.3. The fourth-order valence-corrected chi connectivity index (χ4v) is 2.02. The van der Waals surface area contributed by atoms with Gasteiger partial charge in [-0.25, -0.2) is 4.79 Å². The second kappa shape index (κ2) is 6.83. The average molecular weight is 312 g/mol. The van der Waals surface area contributed by atoms with Gasteiger partial charge in [-0.2, -0.15) is 13.2 Å². The maximum Gasteiger partial charge on any atom is 0.407 e. The molecule has 0 aromatic rings. The van der Waals surface area contributed by atoms with Crippen molar-refractivity contribution in [1.29, 1.82) is 0 Å². The molecular weight excluding hydrogens is 289 g/mol. The Hall–Kier alpha value is -1.02. The summed E-state index contributed by atoms with van der Waals surface area (Å²) in [5.74, 6) is 0. The molecule has 0 bridgehead atoms. The Morgan fingerprint density at radius 1 is 1.43 bits per heavy atom. The molecule has 1 N–H and O–H groups in total. The molecule has 0 unspecified atom stereocenters. The van der Waals surface area contributed by atoms with Crippen molar-refractivity contribution in [3.05, 3.63) is 0 Å². The van der Waals surface area contributed by atoms with Crippen molar-refractivity contribution in [2.75, 3.05) is 26.2 Å². The van der Waals surface area contributed by atoms with Crippen LogP contribution in [-0.4, -0.2) is 61.2 Å². The van der Waals surface area contributed by atoms with E-state index in [9.17, 15) is 18.0 Å². The van der Waals surface area contributed by atoms with E-state index >= 15 is 0 Å². The molecule has 1 amide bonds. The molecule has 2 atom stereocenters. The molecule has 1 fully saturated rings. The molecule has 8 heteroatoms. The molecule has 0 radical (unpaired) electrons. The van der Waals surface area contributed by atoms with Crippen molar-refractivity contribution in [2.45, 2.75) is 51.6 Å². The SMILES string of the molecule is C[C@@H](NC(=O)OC(C)(C)C)[C@@H]1CN(CC(F)(F)F)CCO1. The number of alkyl carbamates (subject to hydrolysis) is 1. The van der Waals surface area contributed by atoms with Gasteiger partial charge in [0, 0.05) is 13.1 Å². The number of hydrogen-bond donors (Lipinski definition) is 1. The van der Waals surface area contributed by atoms with Gasteiger partial charge in [0.1, 0.15) is 5.60 Å². The van der Waals surface area contributed by atoms with Crippen LogP contribution in [0.3, 0.4) is 0 Å². The van der Waals surface area contributed by atoms with Gasteiger partial charge in [-0.1, -0.05) is 0 Å². The van der Waals surface area contributed by atoms with Crippen LogP contribution in [0.25, 0.3) is 0 Å². The smallest absolute Gasteiger partial charge is 0.407 e. The summed E-state index contributed by atoms with van der Waals surface area (Å²) in [6.45, 7) is 6.49. The molecule has 0 spiro atoms. The van der Waals surface area contributed by atoms with E-state index in [4.69, 9.17) is 9.47 Å². The van der Waals surface area contributed by atoms with Crippen molar-refractivity contribution < 1.29 is 27.4 Å². The largest absolute Gasteiger partial charge is 0.444 e. The van der Waals surface area contributed by atoms with Crippen molar-refractivity contribution >= 4 is 6.09 Å². The minimum atomic E-state index is -4.23. The monoisotopic (exact) mass is 312 g/mol. The highest BCUT2D eigenvalue weighted by atomic mass is 19.4. The third kappa shape index (κ3) is 7.52. The van der Waals surface area contributed by atoms with Gasteiger partial charge < -0.3 is 14.8 Å². The number of nitrogens with zero attached hydrogens (tertiary/aromatic N) is 1. The molecule has 1 aliphatic heterocycles. The number of ether oxygens (including phenoxy) is 2. The predicted molar refractivity (Wildman–Crippen MR) is 71.1 cm³/mol. The fraction of sp³-hybridized carbons (Fsp3) is 0.923. The molecule has 0 aliphatic carbocycles. The van der Waals surface area contributed by atoms with E-state index in [2.05, 4.69) is 5.32 Å². The summed E-state index contributed by atoms with van der Waals surface area (Å²) in [7, 11) is 0. The van der Waals surface area contributed by atoms with Gasteiger partial charge in [0.25, 0.3) is 0 Å². The molecule has 5 nitrogen and oxygen atoms in total. The van der Waals surface area contributed by atoms with Crippen LogP contribution in [0, 0.1) is 0 Å². The third-order valence-corrected chi connectivity index (χ3v) is 2.88. The van der Waals surface area contributed by atoms with E-state index in [0.717, 1.165) is 0 Å². The number of carbonyl (C=O) groups is 1. The minimum absolute atomic E-state index is 0.122. The van der Waals surface area contributed by atoms with Crippen LogP contribution >= 0.6 is 0 Å². The molecule has 1 aliphatic rings. The van der Waals surface area contributed by atoms with E-state index in [1.165, 1.54) is 4.90 Å². The van der Waals surface area contributed by atoms with Gasteiger partial charge in [-0.05, 0) is 27.7 Å². The van der Waals surface area contributed by atoms with Gasteiger partial charge in [0.05, 0.1) is 25.3 Å². The van der Waals surface area contributed by atoms with Gasteiger partial charge in [0.2, 0.25) is 0 Å². The highest BCUT2D eigenvalue weighted by molar-refractivity contribution is 5.68. The summed E-state index contributed by atoms with van der Waals surface area (Å²) in [6, 6.07) is -0.434. The van der Waals surface area contributed by atoms with E-state index < -0.39 is 36.6 Å². The normalized spacial score (nSPS) is 22.7. The van der Waals surface area contributed by atoms with Crippen LogP contribution in [0.1, 0.15) is 27.7 Å². The second-order valence-corrected chi connectivity index (χ2v) is 6.19. The highest BCUT2D eigenvalue weighted by Crippen LogP contribution is 2.19. The topological polar surface area (TPSA) is 50.8 Å². The lowest BCUT2D eigenvalue weighted by Gasteiger charge is -2.36. The van der Waals surface area contributed by atoms with Crippen LogP contribution in [0.2, 0.25) is 0 Å². The van der Waals surface area contributed by atoms with E-state index in [1.807, 2.05) is 0 Å². The van der Waals surface area contributed by atoms with E-state index in [-0.39, 0.29) is 19.7 Å². The molecule has 0 aromatic heterocycles. The number of rotatable bonds is 3. The number of halogens is 3. The lowest BCUT2D eigenvalue weighted by atomic mass is 10.1. The quantitative estimate of drug-likeness (QED) is 0.868. The summed E-state index contributed by atoms with van der Waals surface area (Å²) >= 11 is 0. The Balaban J connectivity index is 2.46. The van der Waals surface area contributed by atoms with Crippen LogP contribution in [0.15, 0.2) is 0 Å². The van der Waals surface area contributed by atoms with Crippen LogP contribution in [0.4, 0.5) is 18.0 Å². The lowest BCUT2D eigenvalue weighted by Crippen LogP contribution is -2.54. The van der Waals surface area contributed by atoms with Gasteiger partial charge in [-0.3, -0.25) is 4.90 Å². The third-order valence-electron chi connectivity index (χ3n) is 2.88. The van der Waals surface area contributed by atoms with Crippen LogP contribution in [0.5, 0.6) is 0 Å². The average Bonchev–Trinajstić information content (AvgIpc) is 2.23. The number of amides is 1. The number of carbonyl (C=O) groups excluding carboxylic acids is 1. The Morgan fingerprint density at radius 2 is 2.05 bits per heavy atom. The fourth-order valence-electron chi connectivity index (χ4n) is 2.02. The number of morpholine rings is 1. The summed E-state index contributed by atoms with van der Waals surface area (Å²) in [5.41, 5.74) is -0.625. The molecule has 1 rings (SSSR count). The van der Waals surface area contributed by atoms with Gasteiger partial charge in [-0.15, -0.1) is 0 Å². The summed E-state index contributed by atoms with van der Waals surface area (Å²) in [5, 5.41) is 2.60.